The van der Waals surface area contributed by atoms with Crippen molar-refractivity contribution in [1.29, 1.82) is 0 Å². The molecule has 3 heteroatoms. The Hall–Kier alpha value is -0.930. The minimum atomic E-state index is -0.318. The van der Waals surface area contributed by atoms with E-state index in [1.165, 1.54) is 12.1 Å². The second kappa shape index (κ2) is 4.73. The van der Waals surface area contributed by atoms with E-state index in [-0.39, 0.29) is 17.8 Å². The molecule has 1 aromatic carbocycles. The number of halogens is 1. The highest BCUT2D eigenvalue weighted by Crippen LogP contribution is 2.19. The van der Waals surface area contributed by atoms with Gasteiger partial charge in [0.2, 0.25) is 0 Å². The van der Waals surface area contributed by atoms with Crippen LogP contribution in [0.1, 0.15) is 12.0 Å². The lowest BCUT2D eigenvalue weighted by Gasteiger charge is -2.27. The monoisotopic (exact) mass is 210 g/mol. The van der Waals surface area contributed by atoms with Crippen molar-refractivity contribution in [2.24, 2.45) is 5.92 Å². The Morgan fingerprint density at radius 2 is 2.33 bits per heavy atom. The third-order valence-electron chi connectivity index (χ3n) is 2.82. The third-order valence-corrected chi connectivity index (χ3v) is 2.82. The standard InChI is InChI=1S/C12H15FO2/c13-11-3-1-2-9(7-11)6-10-8-15-5-4-12(10)14/h1-3,7,10,12,14H,4-6,8H2/t10-,12-/m1/s1. The highest BCUT2D eigenvalue weighted by atomic mass is 19.1. The zero-order chi connectivity index (χ0) is 10.7. The van der Waals surface area contributed by atoms with Gasteiger partial charge in [-0.1, -0.05) is 12.1 Å². The fraction of sp³-hybridized carbons (Fsp3) is 0.500. The van der Waals surface area contributed by atoms with Crippen molar-refractivity contribution in [1.82, 2.24) is 0 Å². The summed E-state index contributed by atoms with van der Waals surface area (Å²) in [6.45, 7) is 1.19. The van der Waals surface area contributed by atoms with E-state index in [2.05, 4.69) is 0 Å². The Kier molecular flexibility index (Phi) is 3.34. The van der Waals surface area contributed by atoms with Crippen LogP contribution >= 0.6 is 0 Å². The first-order valence-corrected chi connectivity index (χ1v) is 5.26. The Balaban J connectivity index is 2.01. The molecule has 0 aliphatic carbocycles. The third kappa shape index (κ3) is 2.76. The van der Waals surface area contributed by atoms with Gasteiger partial charge in [0.05, 0.1) is 12.7 Å². The fourth-order valence-corrected chi connectivity index (χ4v) is 1.95. The van der Waals surface area contributed by atoms with E-state index in [4.69, 9.17) is 4.74 Å². The van der Waals surface area contributed by atoms with Crippen molar-refractivity contribution >= 4 is 0 Å². The molecular formula is C12H15FO2. The number of hydrogen-bond donors (Lipinski definition) is 1. The summed E-state index contributed by atoms with van der Waals surface area (Å²) in [5.41, 5.74) is 0.921. The van der Waals surface area contributed by atoms with E-state index >= 15 is 0 Å². The highest BCUT2D eigenvalue weighted by molar-refractivity contribution is 5.17. The van der Waals surface area contributed by atoms with E-state index in [1.807, 2.05) is 6.07 Å². The van der Waals surface area contributed by atoms with E-state index < -0.39 is 0 Å². The van der Waals surface area contributed by atoms with Gasteiger partial charge in [-0.25, -0.2) is 4.39 Å². The SMILES string of the molecule is O[C@@H]1CCOC[C@H]1Cc1cccc(F)c1. The summed E-state index contributed by atoms with van der Waals surface area (Å²) in [4.78, 5) is 0. The van der Waals surface area contributed by atoms with Crippen molar-refractivity contribution in [2.45, 2.75) is 18.9 Å². The summed E-state index contributed by atoms with van der Waals surface area (Å²) in [5.74, 6) is -0.126. The number of hydrogen-bond acceptors (Lipinski definition) is 2. The second-order valence-corrected chi connectivity index (χ2v) is 4.03. The lowest BCUT2D eigenvalue weighted by Crippen LogP contribution is -2.33. The van der Waals surface area contributed by atoms with Crippen molar-refractivity contribution in [3.63, 3.8) is 0 Å². The highest BCUT2D eigenvalue weighted by Gasteiger charge is 2.23. The van der Waals surface area contributed by atoms with Crippen LogP contribution in [0.3, 0.4) is 0 Å². The lowest BCUT2D eigenvalue weighted by molar-refractivity contribution is -0.0350. The van der Waals surface area contributed by atoms with E-state index in [0.717, 1.165) is 5.56 Å². The predicted octanol–water partition coefficient (Wildman–Crippen LogP) is 1.77. The smallest absolute Gasteiger partial charge is 0.123 e. The first-order valence-electron chi connectivity index (χ1n) is 5.26. The largest absolute Gasteiger partial charge is 0.393 e. The van der Waals surface area contributed by atoms with Gasteiger partial charge in [-0.2, -0.15) is 0 Å². The van der Waals surface area contributed by atoms with Crippen LogP contribution in [0.4, 0.5) is 4.39 Å². The van der Waals surface area contributed by atoms with Crippen LogP contribution in [0.15, 0.2) is 24.3 Å². The van der Waals surface area contributed by atoms with Crippen LogP contribution in [-0.2, 0) is 11.2 Å². The Morgan fingerprint density at radius 1 is 1.47 bits per heavy atom. The van der Waals surface area contributed by atoms with Crippen LogP contribution < -0.4 is 0 Å². The molecular weight excluding hydrogens is 195 g/mol. The molecule has 1 saturated heterocycles. The molecule has 82 valence electrons. The van der Waals surface area contributed by atoms with Crippen molar-refractivity contribution in [2.75, 3.05) is 13.2 Å². The molecule has 1 aliphatic heterocycles. The summed E-state index contributed by atoms with van der Waals surface area (Å²) in [5, 5.41) is 9.73. The zero-order valence-corrected chi connectivity index (χ0v) is 8.53. The van der Waals surface area contributed by atoms with Gasteiger partial charge in [0, 0.05) is 12.5 Å². The van der Waals surface area contributed by atoms with Crippen LogP contribution in [-0.4, -0.2) is 24.4 Å². The van der Waals surface area contributed by atoms with Gasteiger partial charge in [-0.05, 0) is 30.5 Å². The van der Waals surface area contributed by atoms with Gasteiger partial charge in [0.25, 0.3) is 0 Å². The van der Waals surface area contributed by atoms with Crippen LogP contribution in [0, 0.1) is 11.7 Å². The maximum absolute atomic E-state index is 12.9. The predicted molar refractivity (Wildman–Crippen MR) is 55.0 cm³/mol. The molecule has 0 amide bonds. The Labute approximate surface area is 88.7 Å². The summed E-state index contributed by atoms with van der Waals surface area (Å²) in [7, 11) is 0. The Morgan fingerprint density at radius 3 is 3.07 bits per heavy atom. The molecule has 1 heterocycles. The van der Waals surface area contributed by atoms with Crippen LogP contribution in [0.2, 0.25) is 0 Å². The number of aliphatic hydroxyl groups excluding tert-OH is 1. The number of rotatable bonds is 2. The molecule has 2 nitrogen and oxygen atoms in total. The maximum atomic E-state index is 12.9. The van der Waals surface area contributed by atoms with E-state index in [0.29, 0.717) is 26.1 Å². The Bertz CT molecular complexity index is 327. The molecule has 2 atom stereocenters. The second-order valence-electron chi connectivity index (χ2n) is 4.03. The molecule has 1 fully saturated rings. The average molecular weight is 210 g/mol. The molecule has 0 aromatic heterocycles. The minimum Gasteiger partial charge on any atom is -0.393 e. The van der Waals surface area contributed by atoms with Gasteiger partial charge in [0.15, 0.2) is 0 Å². The quantitative estimate of drug-likeness (QED) is 0.806. The van der Waals surface area contributed by atoms with Gasteiger partial charge in [0.1, 0.15) is 5.82 Å². The maximum Gasteiger partial charge on any atom is 0.123 e. The molecule has 0 radical (unpaired) electrons. The minimum absolute atomic E-state index is 0.0977. The van der Waals surface area contributed by atoms with Gasteiger partial charge < -0.3 is 9.84 Å². The van der Waals surface area contributed by atoms with E-state index in [9.17, 15) is 9.50 Å². The molecule has 1 aromatic rings. The number of aliphatic hydroxyl groups is 1. The first kappa shape index (κ1) is 10.6. The van der Waals surface area contributed by atoms with Crippen molar-refractivity contribution in [3.05, 3.63) is 35.6 Å². The van der Waals surface area contributed by atoms with Gasteiger partial charge >= 0.3 is 0 Å². The number of benzene rings is 1. The molecule has 0 unspecified atom stereocenters. The van der Waals surface area contributed by atoms with Crippen LogP contribution in [0.25, 0.3) is 0 Å². The summed E-state index contributed by atoms with van der Waals surface area (Å²) >= 11 is 0. The molecule has 1 aliphatic rings. The number of ether oxygens (including phenoxy) is 1. The van der Waals surface area contributed by atoms with Gasteiger partial charge in [-0.3, -0.25) is 0 Å². The average Bonchev–Trinajstić information content (AvgIpc) is 2.22. The van der Waals surface area contributed by atoms with Crippen molar-refractivity contribution < 1.29 is 14.2 Å². The fourth-order valence-electron chi connectivity index (χ4n) is 1.95. The summed E-state index contributed by atoms with van der Waals surface area (Å²) < 4.78 is 18.2. The molecule has 0 bridgehead atoms. The molecule has 0 spiro atoms. The zero-order valence-electron chi connectivity index (χ0n) is 8.53. The molecule has 15 heavy (non-hydrogen) atoms. The summed E-state index contributed by atoms with van der Waals surface area (Å²) in [6, 6.07) is 6.52. The normalized spacial score (nSPS) is 26.5. The topological polar surface area (TPSA) is 29.5 Å². The van der Waals surface area contributed by atoms with Crippen LogP contribution in [0.5, 0.6) is 0 Å². The molecule has 0 saturated carbocycles. The summed E-state index contributed by atoms with van der Waals surface area (Å²) in [6.07, 6.45) is 1.04. The molecule has 2 rings (SSSR count). The molecule has 1 N–H and O–H groups in total. The van der Waals surface area contributed by atoms with E-state index in [1.54, 1.807) is 6.07 Å². The lowest BCUT2D eigenvalue weighted by atomic mass is 9.91. The first-order chi connectivity index (χ1) is 7.25. The van der Waals surface area contributed by atoms with Gasteiger partial charge in [-0.15, -0.1) is 0 Å². The van der Waals surface area contributed by atoms with Crippen molar-refractivity contribution in [3.8, 4) is 0 Å².